The van der Waals surface area contributed by atoms with Gasteiger partial charge in [0.2, 0.25) is 0 Å². The number of hydrogen-bond donors (Lipinski definition) is 0. The zero-order valence-electron chi connectivity index (χ0n) is 22.1. The van der Waals surface area contributed by atoms with E-state index in [2.05, 4.69) is 173 Å². The minimum atomic E-state index is -1.62. The molecule has 40 heavy (non-hydrogen) atoms. The number of fused-ring (bicyclic) bond motifs is 3. The first-order chi connectivity index (χ1) is 19.9. The maximum Gasteiger partial charge on any atom is 0.435 e. The predicted octanol–water partition coefficient (Wildman–Crippen LogP) is 7.34. The Kier molecular flexibility index (Phi) is 5.11. The van der Waals surface area contributed by atoms with Crippen LogP contribution in [0.3, 0.4) is 0 Å². The Bertz CT molecular complexity index is 1950. The topological polar surface area (TPSA) is 7.94 Å². The minimum Gasteiger partial charge on any atom is -0.442 e. The third-order valence-electron chi connectivity index (χ3n) is 8.61. The zero-order chi connectivity index (χ0) is 26.5. The Morgan fingerprint density at radius 2 is 0.975 bits per heavy atom. The molecule has 188 valence electrons. The number of rotatable bonds is 4. The highest BCUT2D eigenvalue weighted by molar-refractivity contribution is 6.96. The first-order valence-electron chi connectivity index (χ1n) is 13.9. The third kappa shape index (κ3) is 3.21. The van der Waals surface area contributed by atoms with Gasteiger partial charge in [-0.2, -0.15) is 0 Å². The molecule has 0 fully saturated rings. The van der Waals surface area contributed by atoms with Gasteiger partial charge >= 0.3 is 6.42 Å². The molecule has 1 aliphatic heterocycles. The van der Waals surface area contributed by atoms with Crippen LogP contribution in [0, 0.1) is 0 Å². The van der Waals surface area contributed by atoms with E-state index in [0.29, 0.717) is 0 Å². The Morgan fingerprint density at radius 1 is 0.475 bits per heavy atom. The van der Waals surface area contributed by atoms with Crippen molar-refractivity contribution in [3.63, 3.8) is 0 Å². The fraction of sp³-hybridized carbons (Fsp3) is 0. The van der Waals surface area contributed by atoms with Gasteiger partial charge in [0.15, 0.2) is 5.69 Å². The molecule has 1 aliphatic rings. The molecule has 6 aromatic carbocycles. The van der Waals surface area contributed by atoms with Gasteiger partial charge in [0.05, 0.1) is 5.69 Å². The number of nitrogens with zero attached hydrogens (tertiary/aromatic N) is 2. The average molecular weight is 510 g/mol. The highest BCUT2D eigenvalue weighted by Crippen LogP contribution is 2.40. The summed E-state index contributed by atoms with van der Waals surface area (Å²) in [7, 11) is 0. The van der Waals surface area contributed by atoms with Crippen LogP contribution in [0.15, 0.2) is 158 Å². The first kappa shape index (κ1) is 22.8. The SMILES string of the molecule is C1=[N+](c2ccccc2)[B-](c2ccccc2)(c2ccccc2)n2c1ccc2-c1c2ccccc2cc2ccccc12. The van der Waals surface area contributed by atoms with E-state index >= 15 is 0 Å². The van der Waals surface area contributed by atoms with Gasteiger partial charge in [-0.05, 0) is 39.7 Å². The summed E-state index contributed by atoms with van der Waals surface area (Å²) >= 11 is 0. The molecular formula is C37H27BN2. The van der Waals surface area contributed by atoms with Crippen LogP contribution in [-0.2, 0) is 0 Å². The van der Waals surface area contributed by atoms with Gasteiger partial charge in [0.25, 0.3) is 0 Å². The molecule has 0 N–H and O–H groups in total. The molecule has 2 heterocycles. The van der Waals surface area contributed by atoms with Crippen LogP contribution in [0.4, 0.5) is 5.69 Å². The van der Waals surface area contributed by atoms with Crippen molar-refractivity contribution in [1.29, 1.82) is 0 Å². The van der Waals surface area contributed by atoms with E-state index < -0.39 is 6.42 Å². The van der Waals surface area contributed by atoms with E-state index in [0.717, 1.165) is 0 Å². The summed E-state index contributed by atoms with van der Waals surface area (Å²) in [6.45, 7) is 0. The van der Waals surface area contributed by atoms with Gasteiger partial charge < -0.3 is 8.96 Å². The molecule has 0 radical (unpaired) electrons. The molecule has 0 saturated carbocycles. The Balaban J connectivity index is 1.55. The molecule has 0 unspecified atom stereocenters. The summed E-state index contributed by atoms with van der Waals surface area (Å²) in [6, 6.07) is 57.3. The van der Waals surface area contributed by atoms with Crippen molar-refractivity contribution in [3.05, 3.63) is 163 Å². The summed E-state index contributed by atoms with van der Waals surface area (Å²) < 4.78 is 5.13. The summed E-state index contributed by atoms with van der Waals surface area (Å²) in [6.07, 6.45) is 0.720. The highest BCUT2D eigenvalue weighted by atomic mass is 15.2. The van der Waals surface area contributed by atoms with Crippen molar-refractivity contribution in [3.8, 4) is 11.3 Å². The molecule has 2 nitrogen and oxygen atoms in total. The van der Waals surface area contributed by atoms with E-state index in [9.17, 15) is 0 Å². The van der Waals surface area contributed by atoms with Crippen molar-refractivity contribution in [2.75, 3.05) is 0 Å². The monoisotopic (exact) mass is 510 g/mol. The van der Waals surface area contributed by atoms with Crippen LogP contribution in [0.1, 0.15) is 5.69 Å². The lowest BCUT2D eigenvalue weighted by atomic mass is 9.36. The fourth-order valence-electron chi connectivity index (χ4n) is 7.00. The lowest BCUT2D eigenvalue weighted by molar-refractivity contribution is -0.284. The molecular weight excluding hydrogens is 483 g/mol. The molecule has 0 atom stereocenters. The number of hydrogen-bond acceptors (Lipinski definition) is 0. The van der Waals surface area contributed by atoms with E-state index in [1.165, 1.54) is 55.1 Å². The summed E-state index contributed by atoms with van der Waals surface area (Å²) in [5.74, 6) is 0. The Labute approximate surface area is 234 Å². The Morgan fingerprint density at radius 3 is 1.55 bits per heavy atom. The van der Waals surface area contributed by atoms with E-state index in [4.69, 9.17) is 0 Å². The number of benzene rings is 6. The number of aromatic nitrogens is 1. The lowest BCUT2D eigenvalue weighted by Crippen LogP contribution is -2.69. The van der Waals surface area contributed by atoms with E-state index in [1.807, 2.05) is 0 Å². The summed E-state index contributed by atoms with van der Waals surface area (Å²) in [5, 5.41) is 5.05. The van der Waals surface area contributed by atoms with Crippen LogP contribution in [0.25, 0.3) is 32.8 Å². The van der Waals surface area contributed by atoms with Crippen molar-refractivity contribution in [2.24, 2.45) is 0 Å². The second kappa shape index (κ2) is 8.96. The van der Waals surface area contributed by atoms with Crippen LogP contribution in [-0.4, -0.2) is 21.6 Å². The minimum absolute atomic E-state index is 1.17. The molecule has 0 spiro atoms. The van der Waals surface area contributed by atoms with E-state index in [-0.39, 0.29) is 0 Å². The van der Waals surface area contributed by atoms with Crippen molar-refractivity contribution in [2.45, 2.75) is 0 Å². The van der Waals surface area contributed by atoms with Gasteiger partial charge in [-0.3, -0.25) is 0 Å². The van der Waals surface area contributed by atoms with Gasteiger partial charge in [0, 0.05) is 23.4 Å². The smallest absolute Gasteiger partial charge is 0.435 e. The second-order valence-corrected chi connectivity index (χ2v) is 10.7. The Hall–Kier alpha value is -5.15. The molecule has 0 bridgehead atoms. The van der Waals surface area contributed by atoms with E-state index in [1.54, 1.807) is 0 Å². The van der Waals surface area contributed by atoms with Gasteiger partial charge in [0.1, 0.15) is 6.21 Å². The lowest BCUT2D eigenvalue weighted by Gasteiger charge is -2.38. The molecule has 8 rings (SSSR count). The zero-order valence-corrected chi connectivity index (χ0v) is 22.1. The molecule has 0 amide bonds. The molecule has 7 aromatic rings. The first-order valence-corrected chi connectivity index (χ1v) is 13.9. The maximum atomic E-state index is 2.62. The van der Waals surface area contributed by atoms with Gasteiger partial charge in [-0.25, -0.2) is 0 Å². The quantitative estimate of drug-likeness (QED) is 0.173. The molecule has 3 heteroatoms. The average Bonchev–Trinajstić information content (AvgIpc) is 3.60. The van der Waals surface area contributed by atoms with Crippen LogP contribution in [0.2, 0.25) is 0 Å². The van der Waals surface area contributed by atoms with Crippen molar-refractivity contribution in [1.82, 2.24) is 4.48 Å². The van der Waals surface area contributed by atoms with Crippen LogP contribution < -0.4 is 10.9 Å². The summed E-state index contributed by atoms with van der Waals surface area (Å²) in [5.41, 5.74) is 7.42. The van der Waals surface area contributed by atoms with Crippen molar-refractivity contribution < 1.29 is 4.49 Å². The van der Waals surface area contributed by atoms with Gasteiger partial charge in [-0.15, -0.1) is 10.9 Å². The standard InChI is InChI=1S/C37H27BN2/c1-4-16-30(17-5-1)38(31-18-6-2-7-19-31)39(32-20-8-3-9-21-32)27-33-24-25-36(40(33)38)37-34-22-12-10-14-28(34)26-29-15-11-13-23-35(29)37/h1-27H. The molecule has 0 saturated heterocycles. The van der Waals surface area contributed by atoms with Crippen molar-refractivity contribution >= 4 is 50.8 Å². The highest BCUT2D eigenvalue weighted by Gasteiger charge is 2.50. The number of para-hydroxylation sites is 1. The predicted molar refractivity (Wildman–Crippen MR) is 170 cm³/mol. The fourth-order valence-corrected chi connectivity index (χ4v) is 7.00. The molecule has 1 aromatic heterocycles. The second-order valence-electron chi connectivity index (χ2n) is 10.7. The maximum absolute atomic E-state index is 2.62. The molecule has 0 aliphatic carbocycles. The normalized spacial score (nSPS) is 13.8. The van der Waals surface area contributed by atoms with Crippen LogP contribution in [0.5, 0.6) is 0 Å². The van der Waals surface area contributed by atoms with Gasteiger partial charge in [-0.1, -0.05) is 127 Å². The third-order valence-corrected chi connectivity index (χ3v) is 8.61. The van der Waals surface area contributed by atoms with Crippen LogP contribution >= 0.6 is 0 Å². The summed E-state index contributed by atoms with van der Waals surface area (Å²) in [4.78, 5) is 0. The largest absolute Gasteiger partial charge is 0.442 e.